The molecule has 0 saturated carbocycles. The topological polar surface area (TPSA) is 52.1 Å². The van der Waals surface area contributed by atoms with Gasteiger partial charge in [0.05, 0.1) is 13.2 Å². The third-order valence-corrected chi connectivity index (χ3v) is 4.99. The molecule has 1 aliphatic rings. The summed E-state index contributed by atoms with van der Waals surface area (Å²) in [6, 6.07) is 0.455. The molecule has 6 heteroatoms. The smallest absolute Gasteiger partial charge is 0.191 e. The van der Waals surface area contributed by atoms with Crippen molar-refractivity contribution in [2.45, 2.75) is 59.4 Å². The Hall–Kier alpha value is -0.850. The van der Waals surface area contributed by atoms with Crippen LogP contribution >= 0.6 is 0 Å². The summed E-state index contributed by atoms with van der Waals surface area (Å²) in [6.07, 6.45) is 4.76. The summed E-state index contributed by atoms with van der Waals surface area (Å²) >= 11 is 0. The molecule has 1 unspecified atom stereocenters. The molecule has 0 radical (unpaired) electrons. The molecule has 0 aromatic rings. The van der Waals surface area contributed by atoms with Crippen molar-refractivity contribution in [3.05, 3.63) is 0 Å². The first kappa shape index (κ1) is 23.2. The van der Waals surface area contributed by atoms with E-state index in [1.165, 1.54) is 32.4 Å². The Kier molecular flexibility index (Phi) is 13.6. The van der Waals surface area contributed by atoms with E-state index >= 15 is 0 Å². The minimum atomic E-state index is 0.455. The Labute approximate surface area is 161 Å². The third-order valence-electron chi connectivity index (χ3n) is 4.99. The van der Waals surface area contributed by atoms with Crippen LogP contribution in [0.3, 0.4) is 0 Å². The summed E-state index contributed by atoms with van der Waals surface area (Å²) in [5.41, 5.74) is 0. The summed E-state index contributed by atoms with van der Waals surface area (Å²) in [5.74, 6) is 0.967. The first-order valence-electron chi connectivity index (χ1n) is 10.8. The normalized spacial score (nSPS) is 17.5. The monoisotopic (exact) mass is 369 g/mol. The van der Waals surface area contributed by atoms with Gasteiger partial charge in [0.2, 0.25) is 0 Å². The van der Waals surface area contributed by atoms with Crippen LogP contribution in [0.5, 0.6) is 0 Å². The fourth-order valence-electron chi connectivity index (χ4n) is 3.25. The molecular formula is C20H43N5O. The van der Waals surface area contributed by atoms with E-state index in [4.69, 9.17) is 9.73 Å². The van der Waals surface area contributed by atoms with Gasteiger partial charge in [-0.05, 0) is 65.7 Å². The van der Waals surface area contributed by atoms with Crippen LogP contribution in [0, 0.1) is 0 Å². The summed E-state index contributed by atoms with van der Waals surface area (Å²) < 4.78 is 5.39. The van der Waals surface area contributed by atoms with Gasteiger partial charge < -0.3 is 20.3 Å². The van der Waals surface area contributed by atoms with Gasteiger partial charge in [-0.2, -0.15) is 0 Å². The average Bonchev–Trinajstić information content (AvgIpc) is 2.66. The summed E-state index contributed by atoms with van der Waals surface area (Å²) in [7, 11) is 0. The number of nitrogens with one attached hydrogen (secondary N) is 2. The molecular weight excluding hydrogens is 326 g/mol. The number of unbranched alkanes of at least 4 members (excludes halogenated alkanes) is 1. The van der Waals surface area contributed by atoms with Gasteiger partial charge in [0, 0.05) is 32.2 Å². The molecule has 1 rings (SSSR count). The molecule has 1 saturated heterocycles. The molecule has 0 aliphatic carbocycles. The highest BCUT2D eigenvalue weighted by atomic mass is 16.5. The zero-order valence-electron chi connectivity index (χ0n) is 17.7. The van der Waals surface area contributed by atoms with Crippen molar-refractivity contribution in [2.75, 3.05) is 65.6 Å². The van der Waals surface area contributed by atoms with Gasteiger partial charge in [0.1, 0.15) is 0 Å². The van der Waals surface area contributed by atoms with Gasteiger partial charge in [-0.1, -0.05) is 13.8 Å². The average molecular weight is 370 g/mol. The van der Waals surface area contributed by atoms with E-state index in [2.05, 4.69) is 48.1 Å². The van der Waals surface area contributed by atoms with Gasteiger partial charge in [-0.3, -0.25) is 9.89 Å². The van der Waals surface area contributed by atoms with Crippen molar-refractivity contribution in [1.82, 2.24) is 20.4 Å². The molecule has 0 aromatic carbocycles. The van der Waals surface area contributed by atoms with E-state index in [9.17, 15) is 0 Å². The Morgan fingerprint density at radius 2 is 1.85 bits per heavy atom. The number of hydrogen-bond donors (Lipinski definition) is 2. The SMILES string of the molecule is CCNC(=NCCCCN1CCOCC1)NC(C)CCCN(CC)CC. The standard InChI is InChI=1S/C20H43N5O/c1-5-21-20(23-19(4)11-10-14-24(6-2)7-3)22-12-8-9-13-25-15-17-26-18-16-25/h19H,5-18H2,1-4H3,(H2,21,22,23). The molecule has 0 aromatic heterocycles. The van der Waals surface area contributed by atoms with Crippen LogP contribution in [-0.4, -0.2) is 87.4 Å². The van der Waals surface area contributed by atoms with Crippen LogP contribution in [0.25, 0.3) is 0 Å². The Morgan fingerprint density at radius 1 is 1.12 bits per heavy atom. The molecule has 6 nitrogen and oxygen atoms in total. The van der Waals surface area contributed by atoms with Crippen LogP contribution in [-0.2, 0) is 4.74 Å². The lowest BCUT2D eigenvalue weighted by Crippen LogP contribution is -2.42. The maximum Gasteiger partial charge on any atom is 0.191 e. The lowest BCUT2D eigenvalue weighted by atomic mass is 10.2. The first-order valence-corrected chi connectivity index (χ1v) is 10.8. The highest BCUT2D eigenvalue weighted by molar-refractivity contribution is 5.79. The Morgan fingerprint density at radius 3 is 2.50 bits per heavy atom. The molecule has 26 heavy (non-hydrogen) atoms. The second kappa shape index (κ2) is 15.2. The molecule has 0 amide bonds. The van der Waals surface area contributed by atoms with Gasteiger partial charge in [-0.25, -0.2) is 0 Å². The molecule has 0 bridgehead atoms. The fraction of sp³-hybridized carbons (Fsp3) is 0.950. The number of rotatable bonds is 13. The van der Waals surface area contributed by atoms with E-state index in [0.717, 1.165) is 64.9 Å². The van der Waals surface area contributed by atoms with Gasteiger partial charge in [0.15, 0.2) is 5.96 Å². The number of morpholine rings is 1. The van der Waals surface area contributed by atoms with E-state index in [0.29, 0.717) is 6.04 Å². The molecule has 1 heterocycles. The van der Waals surface area contributed by atoms with E-state index < -0.39 is 0 Å². The summed E-state index contributed by atoms with van der Waals surface area (Å²) in [5, 5.41) is 6.94. The van der Waals surface area contributed by atoms with E-state index in [-0.39, 0.29) is 0 Å². The molecule has 154 valence electrons. The molecule has 1 fully saturated rings. The van der Waals surface area contributed by atoms with E-state index in [1.54, 1.807) is 0 Å². The molecule has 0 spiro atoms. The van der Waals surface area contributed by atoms with Crippen molar-refractivity contribution in [3.8, 4) is 0 Å². The van der Waals surface area contributed by atoms with Gasteiger partial charge in [-0.15, -0.1) is 0 Å². The van der Waals surface area contributed by atoms with Crippen LogP contribution < -0.4 is 10.6 Å². The van der Waals surface area contributed by atoms with Gasteiger partial charge >= 0.3 is 0 Å². The second-order valence-corrected chi connectivity index (χ2v) is 7.14. The zero-order chi connectivity index (χ0) is 19.0. The summed E-state index contributed by atoms with van der Waals surface area (Å²) in [4.78, 5) is 9.73. The maximum absolute atomic E-state index is 5.39. The predicted molar refractivity (Wildman–Crippen MR) is 112 cm³/mol. The lowest BCUT2D eigenvalue weighted by molar-refractivity contribution is 0.0373. The molecule has 1 atom stereocenters. The number of nitrogens with zero attached hydrogens (tertiary/aromatic N) is 3. The third kappa shape index (κ3) is 11.0. The van der Waals surface area contributed by atoms with Crippen molar-refractivity contribution in [3.63, 3.8) is 0 Å². The number of guanidine groups is 1. The number of ether oxygens (including phenoxy) is 1. The Bertz CT molecular complexity index is 354. The predicted octanol–water partition coefficient (Wildman–Crippen LogP) is 2.16. The minimum Gasteiger partial charge on any atom is -0.379 e. The first-order chi connectivity index (χ1) is 12.7. The molecule has 1 aliphatic heterocycles. The number of aliphatic imine (C=N–C) groups is 1. The largest absolute Gasteiger partial charge is 0.379 e. The lowest BCUT2D eigenvalue weighted by Gasteiger charge is -2.26. The second-order valence-electron chi connectivity index (χ2n) is 7.14. The number of hydrogen-bond acceptors (Lipinski definition) is 4. The fourth-order valence-corrected chi connectivity index (χ4v) is 3.25. The summed E-state index contributed by atoms with van der Waals surface area (Å²) in [6.45, 7) is 19.2. The quantitative estimate of drug-likeness (QED) is 0.296. The van der Waals surface area contributed by atoms with Crippen LogP contribution in [0.2, 0.25) is 0 Å². The van der Waals surface area contributed by atoms with Crippen molar-refractivity contribution < 1.29 is 4.74 Å². The highest BCUT2D eigenvalue weighted by Gasteiger charge is 2.09. The van der Waals surface area contributed by atoms with E-state index in [1.807, 2.05) is 0 Å². The van der Waals surface area contributed by atoms with Crippen molar-refractivity contribution in [2.24, 2.45) is 4.99 Å². The van der Waals surface area contributed by atoms with Crippen LogP contribution in [0.1, 0.15) is 53.4 Å². The maximum atomic E-state index is 5.39. The zero-order valence-corrected chi connectivity index (χ0v) is 17.7. The molecule has 2 N–H and O–H groups in total. The minimum absolute atomic E-state index is 0.455. The van der Waals surface area contributed by atoms with Crippen LogP contribution in [0.4, 0.5) is 0 Å². The van der Waals surface area contributed by atoms with Crippen LogP contribution in [0.15, 0.2) is 4.99 Å². The van der Waals surface area contributed by atoms with Crippen molar-refractivity contribution in [1.29, 1.82) is 0 Å². The highest BCUT2D eigenvalue weighted by Crippen LogP contribution is 2.01. The van der Waals surface area contributed by atoms with Crippen molar-refractivity contribution >= 4 is 5.96 Å². The Balaban J connectivity index is 2.19. The van der Waals surface area contributed by atoms with Gasteiger partial charge in [0.25, 0.3) is 0 Å².